The highest BCUT2D eigenvalue weighted by Gasteiger charge is 2.27. The van der Waals surface area contributed by atoms with E-state index in [0.29, 0.717) is 11.7 Å². The number of benzene rings is 1. The Balaban J connectivity index is 1.54. The fraction of sp³-hybridized carbons (Fsp3) is 0.353. The molecule has 1 aromatic carbocycles. The number of hydrogen-bond acceptors (Lipinski definition) is 4. The number of aromatic amines is 1. The van der Waals surface area contributed by atoms with Gasteiger partial charge in [-0.25, -0.2) is 19.3 Å². The molecule has 0 aliphatic carbocycles. The van der Waals surface area contributed by atoms with Crippen molar-refractivity contribution in [2.75, 3.05) is 11.4 Å². The van der Waals surface area contributed by atoms with Gasteiger partial charge in [-0.1, -0.05) is 12.1 Å². The van der Waals surface area contributed by atoms with E-state index in [-0.39, 0.29) is 5.82 Å². The third-order valence-corrected chi connectivity index (χ3v) is 4.51. The zero-order chi connectivity index (χ0) is 15.6. The first-order valence-electron chi connectivity index (χ1n) is 7.96. The highest BCUT2D eigenvalue weighted by atomic mass is 19.1. The Morgan fingerprint density at radius 3 is 3.13 bits per heavy atom. The Bertz CT molecular complexity index is 815. The average Bonchev–Trinajstić information content (AvgIpc) is 3.21. The number of imidazole rings is 1. The number of anilines is 1. The van der Waals surface area contributed by atoms with E-state index >= 15 is 0 Å². The van der Waals surface area contributed by atoms with E-state index in [9.17, 15) is 4.39 Å². The van der Waals surface area contributed by atoms with E-state index in [1.165, 1.54) is 6.07 Å². The number of rotatable bonds is 4. The van der Waals surface area contributed by atoms with Crippen molar-refractivity contribution in [2.45, 2.75) is 31.7 Å². The van der Waals surface area contributed by atoms with Crippen LogP contribution < -0.4 is 4.90 Å². The van der Waals surface area contributed by atoms with Crippen molar-refractivity contribution in [3.8, 4) is 0 Å². The van der Waals surface area contributed by atoms with Crippen molar-refractivity contribution < 1.29 is 4.39 Å². The van der Waals surface area contributed by atoms with Gasteiger partial charge in [0.15, 0.2) is 11.5 Å². The maximum absolute atomic E-state index is 13.3. The van der Waals surface area contributed by atoms with Crippen LogP contribution in [0.5, 0.6) is 0 Å². The summed E-state index contributed by atoms with van der Waals surface area (Å²) >= 11 is 0. The lowest BCUT2D eigenvalue weighted by Gasteiger charge is -2.26. The average molecular weight is 311 g/mol. The number of aromatic nitrogens is 4. The summed E-state index contributed by atoms with van der Waals surface area (Å²) in [6.45, 7) is 0.985. The Labute approximate surface area is 133 Å². The molecule has 0 unspecified atom stereocenters. The maximum Gasteiger partial charge on any atom is 0.182 e. The highest BCUT2D eigenvalue weighted by molar-refractivity contribution is 5.82. The smallest absolute Gasteiger partial charge is 0.182 e. The number of halogens is 1. The van der Waals surface area contributed by atoms with Crippen molar-refractivity contribution in [1.82, 2.24) is 19.9 Å². The van der Waals surface area contributed by atoms with E-state index in [1.54, 1.807) is 24.8 Å². The molecule has 0 saturated carbocycles. The fourth-order valence-corrected chi connectivity index (χ4v) is 3.41. The van der Waals surface area contributed by atoms with Crippen molar-refractivity contribution in [3.05, 3.63) is 48.3 Å². The number of hydrogen-bond donors (Lipinski definition) is 1. The summed E-state index contributed by atoms with van der Waals surface area (Å²) in [7, 11) is 0. The van der Waals surface area contributed by atoms with Crippen molar-refractivity contribution in [3.63, 3.8) is 0 Å². The number of nitrogens with one attached hydrogen (secondary N) is 1. The highest BCUT2D eigenvalue weighted by Crippen LogP contribution is 2.30. The minimum absolute atomic E-state index is 0.166. The minimum Gasteiger partial charge on any atom is -0.352 e. The summed E-state index contributed by atoms with van der Waals surface area (Å²) in [6, 6.07) is 7.29. The molecule has 4 rings (SSSR count). The Morgan fingerprint density at radius 2 is 2.22 bits per heavy atom. The first-order chi connectivity index (χ1) is 11.3. The maximum atomic E-state index is 13.3. The first-order valence-corrected chi connectivity index (χ1v) is 7.96. The Hall–Kier alpha value is -2.50. The van der Waals surface area contributed by atoms with Gasteiger partial charge in [0.2, 0.25) is 0 Å². The molecule has 0 radical (unpaired) electrons. The van der Waals surface area contributed by atoms with Crippen LogP contribution in [0.15, 0.2) is 36.9 Å². The quantitative estimate of drug-likeness (QED) is 0.804. The second-order valence-corrected chi connectivity index (χ2v) is 5.96. The number of fused-ring (bicyclic) bond motifs is 1. The summed E-state index contributed by atoms with van der Waals surface area (Å²) in [5.74, 6) is 0.759. The molecule has 1 aliphatic heterocycles. The summed E-state index contributed by atoms with van der Waals surface area (Å²) in [4.78, 5) is 18.3. The third kappa shape index (κ3) is 2.76. The van der Waals surface area contributed by atoms with Gasteiger partial charge in [0.1, 0.15) is 17.7 Å². The lowest BCUT2D eigenvalue weighted by Crippen LogP contribution is -2.30. The number of aryl methyl sites for hydroxylation is 1. The Kier molecular flexibility index (Phi) is 3.65. The normalized spacial score (nSPS) is 18.0. The molecular formula is C17H18FN5. The molecular weight excluding hydrogens is 293 g/mol. The fourth-order valence-electron chi connectivity index (χ4n) is 3.41. The van der Waals surface area contributed by atoms with E-state index in [1.807, 2.05) is 6.07 Å². The van der Waals surface area contributed by atoms with E-state index < -0.39 is 0 Å². The molecule has 1 saturated heterocycles. The Morgan fingerprint density at radius 1 is 1.26 bits per heavy atom. The molecule has 3 aromatic rings. The predicted octanol–water partition coefficient (Wildman–Crippen LogP) is 3.09. The van der Waals surface area contributed by atoms with Crippen LogP contribution in [-0.2, 0) is 6.42 Å². The van der Waals surface area contributed by atoms with Crippen LogP contribution >= 0.6 is 0 Å². The van der Waals surface area contributed by atoms with Gasteiger partial charge in [-0.05, 0) is 43.4 Å². The monoisotopic (exact) mass is 311 g/mol. The van der Waals surface area contributed by atoms with Gasteiger partial charge in [0, 0.05) is 12.6 Å². The van der Waals surface area contributed by atoms with Gasteiger partial charge in [0.05, 0.1) is 6.33 Å². The molecule has 6 heteroatoms. The standard InChI is InChI=1S/C17H18FN5/c18-13-4-1-3-12(9-13)6-7-14-5-2-8-23(14)17-15-16(20-10-19-15)21-11-22-17/h1,3-4,9-11,14H,2,5-8H2,(H,19,20,21,22)/t14-/m1/s1. The SMILES string of the molecule is Fc1cccc(CC[C@H]2CCCN2c2ncnc3nc[nH]c23)c1. The van der Waals surface area contributed by atoms with Crippen molar-refractivity contribution in [1.29, 1.82) is 0 Å². The van der Waals surface area contributed by atoms with Gasteiger partial charge in [-0.2, -0.15) is 0 Å². The molecule has 1 fully saturated rings. The summed E-state index contributed by atoms with van der Waals surface area (Å²) in [5, 5.41) is 0. The van der Waals surface area contributed by atoms with Crippen LogP contribution in [0.3, 0.4) is 0 Å². The summed E-state index contributed by atoms with van der Waals surface area (Å²) in [5.41, 5.74) is 2.64. The largest absolute Gasteiger partial charge is 0.352 e. The van der Waals surface area contributed by atoms with Gasteiger partial charge in [0.25, 0.3) is 0 Å². The van der Waals surface area contributed by atoms with Gasteiger partial charge in [-0.3, -0.25) is 0 Å². The van der Waals surface area contributed by atoms with E-state index in [0.717, 1.165) is 49.1 Å². The second-order valence-electron chi connectivity index (χ2n) is 5.96. The van der Waals surface area contributed by atoms with E-state index in [2.05, 4.69) is 24.8 Å². The second kappa shape index (κ2) is 5.95. The molecule has 0 bridgehead atoms. The van der Waals surface area contributed by atoms with Crippen LogP contribution in [0.2, 0.25) is 0 Å². The van der Waals surface area contributed by atoms with Gasteiger partial charge in [-0.15, -0.1) is 0 Å². The number of H-pyrrole nitrogens is 1. The summed E-state index contributed by atoms with van der Waals surface area (Å²) in [6.07, 6.45) is 7.36. The molecule has 3 heterocycles. The zero-order valence-electron chi connectivity index (χ0n) is 12.7. The van der Waals surface area contributed by atoms with Crippen LogP contribution in [0.25, 0.3) is 11.2 Å². The molecule has 0 amide bonds. The molecule has 5 nitrogen and oxygen atoms in total. The third-order valence-electron chi connectivity index (χ3n) is 4.51. The van der Waals surface area contributed by atoms with Gasteiger partial charge >= 0.3 is 0 Å². The molecule has 0 spiro atoms. The lowest BCUT2D eigenvalue weighted by molar-refractivity contribution is 0.599. The number of nitrogens with zero attached hydrogens (tertiary/aromatic N) is 4. The minimum atomic E-state index is -0.166. The molecule has 118 valence electrons. The molecule has 23 heavy (non-hydrogen) atoms. The van der Waals surface area contributed by atoms with Crippen LogP contribution in [-0.4, -0.2) is 32.5 Å². The molecule has 1 aliphatic rings. The van der Waals surface area contributed by atoms with Crippen LogP contribution in [0, 0.1) is 5.82 Å². The lowest BCUT2D eigenvalue weighted by atomic mass is 10.0. The molecule has 2 aromatic heterocycles. The van der Waals surface area contributed by atoms with E-state index in [4.69, 9.17) is 0 Å². The molecule has 1 N–H and O–H groups in total. The first kappa shape index (κ1) is 14.1. The topological polar surface area (TPSA) is 57.7 Å². The summed E-state index contributed by atoms with van der Waals surface area (Å²) < 4.78 is 13.3. The zero-order valence-corrected chi connectivity index (χ0v) is 12.7. The molecule has 1 atom stereocenters. The predicted molar refractivity (Wildman–Crippen MR) is 86.8 cm³/mol. The van der Waals surface area contributed by atoms with Gasteiger partial charge < -0.3 is 9.88 Å². The van der Waals surface area contributed by atoms with Crippen LogP contribution in [0.4, 0.5) is 10.2 Å². The van der Waals surface area contributed by atoms with Crippen molar-refractivity contribution >= 4 is 17.0 Å². The van der Waals surface area contributed by atoms with Crippen molar-refractivity contribution in [2.24, 2.45) is 0 Å². The van der Waals surface area contributed by atoms with Crippen LogP contribution in [0.1, 0.15) is 24.8 Å².